The molecule has 1 N–H and O–H groups in total. The minimum absolute atomic E-state index is 0.327. The van der Waals surface area contributed by atoms with Crippen LogP contribution in [0.25, 0.3) is 33.0 Å². The topological polar surface area (TPSA) is 20.2 Å². The summed E-state index contributed by atoms with van der Waals surface area (Å²) in [4.78, 5) is 0. The number of fused-ring (bicyclic) bond motifs is 1. The summed E-state index contributed by atoms with van der Waals surface area (Å²) in [6.45, 7) is 6.57. The lowest BCUT2D eigenvalue weighted by molar-refractivity contribution is 0.474. The maximum absolute atomic E-state index is 10.0. The van der Waals surface area contributed by atoms with Crippen LogP contribution >= 0.6 is 0 Å². The third-order valence-corrected chi connectivity index (χ3v) is 6.91. The molecular formula is C34H32O. The molecule has 0 aliphatic rings. The van der Waals surface area contributed by atoms with Crippen molar-refractivity contribution in [1.29, 1.82) is 0 Å². The van der Waals surface area contributed by atoms with Crippen LogP contribution in [0, 0.1) is 0 Å². The minimum atomic E-state index is 0.327. The van der Waals surface area contributed by atoms with Crippen molar-refractivity contribution < 1.29 is 5.11 Å². The molecule has 0 aliphatic carbocycles. The number of hydrogen-bond acceptors (Lipinski definition) is 1. The molecule has 0 fully saturated rings. The zero-order valence-electron chi connectivity index (χ0n) is 20.8. The molecule has 5 rings (SSSR count). The van der Waals surface area contributed by atoms with Crippen molar-refractivity contribution in [2.75, 3.05) is 0 Å². The predicted octanol–water partition coefficient (Wildman–Crippen LogP) is 9.16. The van der Waals surface area contributed by atoms with Gasteiger partial charge in [0.15, 0.2) is 0 Å². The molecule has 0 saturated carbocycles. The first kappa shape index (κ1) is 22.9. The Labute approximate surface area is 208 Å². The molecule has 0 atom stereocenters. The lowest BCUT2D eigenvalue weighted by Crippen LogP contribution is -1.95. The quantitative estimate of drug-likeness (QED) is 0.270. The summed E-state index contributed by atoms with van der Waals surface area (Å²) in [6, 6.07) is 36.8. The van der Waals surface area contributed by atoms with E-state index >= 15 is 0 Å². The fraction of sp³-hybridized carbons (Fsp3) is 0.176. The van der Waals surface area contributed by atoms with Crippen LogP contribution in [-0.4, -0.2) is 5.11 Å². The summed E-state index contributed by atoms with van der Waals surface area (Å²) in [5.41, 5.74) is 10.1. The van der Waals surface area contributed by atoms with Gasteiger partial charge in [0.1, 0.15) is 5.75 Å². The van der Waals surface area contributed by atoms with Gasteiger partial charge in [0.2, 0.25) is 0 Å². The van der Waals surface area contributed by atoms with Gasteiger partial charge in [-0.15, -0.1) is 0 Å². The second-order valence-electron chi connectivity index (χ2n) is 9.71. The average molecular weight is 457 g/mol. The van der Waals surface area contributed by atoms with Crippen molar-refractivity contribution in [2.45, 2.75) is 39.5 Å². The van der Waals surface area contributed by atoms with Crippen LogP contribution in [0.4, 0.5) is 0 Å². The summed E-state index contributed by atoms with van der Waals surface area (Å²) in [5, 5.41) is 12.6. The summed E-state index contributed by atoms with van der Waals surface area (Å²) in [5.74, 6) is 0.668. The highest BCUT2D eigenvalue weighted by Crippen LogP contribution is 2.35. The Balaban J connectivity index is 1.48. The van der Waals surface area contributed by atoms with E-state index in [1.165, 1.54) is 55.3 Å². The van der Waals surface area contributed by atoms with E-state index in [-0.39, 0.29) is 0 Å². The van der Waals surface area contributed by atoms with Gasteiger partial charge < -0.3 is 5.11 Å². The molecule has 5 aromatic rings. The molecule has 0 heterocycles. The summed E-state index contributed by atoms with van der Waals surface area (Å²) in [7, 11) is 0. The summed E-state index contributed by atoms with van der Waals surface area (Å²) < 4.78 is 0. The van der Waals surface area contributed by atoms with Gasteiger partial charge in [-0.3, -0.25) is 0 Å². The van der Waals surface area contributed by atoms with Gasteiger partial charge in [-0.25, -0.2) is 0 Å². The van der Waals surface area contributed by atoms with E-state index in [1.807, 2.05) is 12.1 Å². The number of phenolic OH excluding ortho intramolecular Hbond substituents is 1. The SMILES string of the molecule is CCc1cc(-c2ccc(O)cc2C(C)C)ccc1-c1cccc(Cc2ccc3ccccc3c2)c1. The maximum atomic E-state index is 10.0. The molecule has 0 bridgehead atoms. The van der Waals surface area contributed by atoms with Gasteiger partial charge in [-0.05, 0) is 86.2 Å². The number of aryl methyl sites for hydroxylation is 1. The van der Waals surface area contributed by atoms with E-state index in [0.717, 1.165) is 12.8 Å². The van der Waals surface area contributed by atoms with Gasteiger partial charge in [-0.1, -0.05) is 112 Å². The highest BCUT2D eigenvalue weighted by Gasteiger charge is 2.13. The van der Waals surface area contributed by atoms with Gasteiger partial charge >= 0.3 is 0 Å². The van der Waals surface area contributed by atoms with Crippen LogP contribution in [0.15, 0.2) is 103 Å². The Kier molecular flexibility index (Phi) is 6.42. The molecule has 174 valence electrons. The lowest BCUT2D eigenvalue weighted by Gasteiger charge is -2.16. The van der Waals surface area contributed by atoms with E-state index in [1.54, 1.807) is 6.07 Å². The van der Waals surface area contributed by atoms with Crippen molar-refractivity contribution in [3.8, 4) is 28.0 Å². The van der Waals surface area contributed by atoms with Gasteiger partial charge in [0.25, 0.3) is 0 Å². The molecule has 35 heavy (non-hydrogen) atoms. The maximum Gasteiger partial charge on any atom is 0.115 e. The normalized spacial score (nSPS) is 11.3. The molecule has 0 radical (unpaired) electrons. The number of phenols is 1. The molecular weight excluding hydrogens is 424 g/mol. The zero-order chi connectivity index (χ0) is 24.4. The number of aromatic hydroxyl groups is 1. The smallest absolute Gasteiger partial charge is 0.115 e. The van der Waals surface area contributed by atoms with Crippen molar-refractivity contribution in [2.24, 2.45) is 0 Å². The largest absolute Gasteiger partial charge is 0.508 e. The molecule has 0 unspecified atom stereocenters. The van der Waals surface area contributed by atoms with Crippen LogP contribution in [0.3, 0.4) is 0 Å². The Morgan fingerprint density at radius 2 is 1.37 bits per heavy atom. The highest BCUT2D eigenvalue weighted by atomic mass is 16.3. The Morgan fingerprint density at radius 1 is 0.629 bits per heavy atom. The number of rotatable bonds is 6. The Hall–Kier alpha value is -3.84. The van der Waals surface area contributed by atoms with Crippen molar-refractivity contribution in [3.05, 3.63) is 125 Å². The van der Waals surface area contributed by atoms with Gasteiger partial charge in [0, 0.05) is 0 Å². The first-order chi connectivity index (χ1) is 17.0. The second-order valence-corrected chi connectivity index (χ2v) is 9.71. The third kappa shape index (κ3) is 4.86. The molecule has 0 amide bonds. The monoisotopic (exact) mass is 456 g/mol. The van der Waals surface area contributed by atoms with Gasteiger partial charge in [-0.2, -0.15) is 0 Å². The zero-order valence-corrected chi connectivity index (χ0v) is 20.8. The fourth-order valence-electron chi connectivity index (χ4n) is 5.06. The first-order valence-corrected chi connectivity index (χ1v) is 12.5. The number of hydrogen-bond donors (Lipinski definition) is 1. The molecule has 0 aromatic heterocycles. The van der Waals surface area contributed by atoms with Crippen LogP contribution in [0.1, 0.15) is 48.9 Å². The summed E-state index contributed by atoms with van der Waals surface area (Å²) in [6.07, 6.45) is 1.89. The van der Waals surface area contributed by atoms with Crippen LogP contribution in [-0.2, 0) is 12.8 Å². The van der Waals surface area contributed by atoms with Crippen LogP contribution in [0.5, 0.6) is 5.75 Å². The molecule has 1 nitrogen and oxygen atoms in total. The van der Waals surface area contributed by atoms with Crippen molar-refractivity contribution in [1.82, 2.24) is 0 Å². The van der Waals surface area contributed by atoms with Crippen molar-refractivity contribution >= 4 is 10.8 Å². The van der Waals surface area contributed by atoms with E-state index < -0.39 is 0 Å². The van der Waals surface area contributed by atoms with E-state index in [0.29, 0.717) is 11.7 Å². The Morgan fingerprint density at radius 3 is 2.17 bits per heavy atom. The van der Waals surface area contributed by atoms with E-state index in [4.69, 9.17) is 0 Å². The van der Waals surface area contributed by atoms with E-state index in [2.05, 4.69) is 106 Å². The Bertz CT molecular complexity index is 1490. The van der Waals surface area contributed by atoms with Crippen molar-refractivity contribution in [3.63, 3.8) is 0 Å². The molecule has 0 aliphatic heterocycles. The molecule has 5 aromatic carbocycles. The van der Waals surface area contributed by atoms with E-state index in [9.17, 15) is 5.11 Å². The minimum Gasteiger partial charge on any atom is -0.508 e. The average Bonchev–Trinajstić information content (AvgIpc) is 2.88. The molecule has 0 spiro atoms. The standard InChI is InChI=1S/C34H32O/c1-4-26-21-30(33-17-15-31(35)22-34(33)23(2)3)14-16-32(26)29-11-7-8-24(20-29)18-25-12-13-27-9-5-6-10-28(27)19-25/h5-17,19-23,35H,4,18H2,1-3H3. The van der Waals surface area contributed by atoms with Crippen LogP contribution < -0.4 is 0 Å². The predicted molar refractivity (Wildman–Crippen MR) is 149 cm³/mol. The fourth-order valence-corrected chi connectivity index (χ4v) is 5.06. The van der Waals surface area contributed by atoms with Crippen LogP contribution in [0.2, 0.25) is 0 Å². The highest BCUT2D eigenvalue weighted by molar-refractivity contribution is 5.83. The second kappa shape index (κ2) is 9.80. The first-order valence-electron chi connectivity index (χ1n) is 12.5. The number of benzene rings is 5. The van der Waals surface area contributed by atoms with Gasteiger partial charge in [0.05, 0.1) is 0 Å². The third-order valence-electron chi connectivity index (χ3n) is 6.91. The summed E-state index contributed by atoms with van der Waals surface area (Å²) >= 11 is 0. The lowest BCUT2D eigenvalue weighted by atomic mass is 9.88. The molecule has 1 heteroatoms. The molecule has 0 saturated heterocycles.